The zero-order valence-corrected chi connectivity index (χ0v) is 65.3. The van der Waals surface area contributed by atoms with Crippen molar-refractivity contribution in [3.63, 3.8) is 0 Å². The molecule has 0 aliphatic heterocycles. The second-order valence-corrected chi connectivity index (χ2v) is 29.9. The van der Waals surface area contributed by atoms with Crippen LogP contribution in [0.25, 0.3) is 0 Å². The van der Waals surface area contributed by atoms with Gasteiger partial charge in [-0.15, -0.1) is 45.3 Å². The SMILES string of the molecule is CC(C)C1CCCCC1.CC(C)c1ccccc1.CC(C)c1ccccn1.CC(C)c1ccccn1.CC(C)c1cccnc1.CC(C)c1cccs1.CC(C)c1cnccn1.CC(C)c1cncs1.CC(C)c1cscn1.CC(C)c1ncccn1.CC(C)c1nccs1. The Bertz CT molecular complexity index is 2660. The molecule has 0 amide bonds. The van der Waals surface area contributed by atoms with Crippen LogP contribution in [0.2, 0.25) is 0 Å². The van der Waals surface area contributed by atoms with Crippen LogP contribution >= 0.6 is 45.3 Å². The molecule has 0 bridgehead atoms. The first-order valence-electron chi connectivity index (χ1n) is 34.3. The summed E-state index contributed by atoms with van der Waals surface area (Å²) in [7, 11) is 0. The molecule has 0 radical (unpaired) electrons. The van der Waals surface area contributed by atoms with E-state index in [0.29, 0.717) is 59.2 Å². The lowest BCUT2D eigenvalue weighted by molar-refractivity contribution is 0.279. The average molecular weight is 1360 g/mol. The quantitative estimate of drug-likeness (QED) is 0.123. The van der Waals surface area contributed by atoms with Crippen molar-refractivity contribution in [2.45, 2.75) is 244 Å². The van der Waals surface area contributed by atoms with E-state index in [1.54, 1.807) is 71.2 Å². The lowest BCUT2D eigenvalue weighted by Gasteiger charge is -2.24. The maximum atomic E-state index is 4.18. The van der Waals surface area contributed by atoms with E-state index in [0.717, 1.165) is 34.7 Å². The molecule has 1 aliphatic carbocycles. The highest BCUT2D eigenvalue weighted by atomic mass is 32.1. The van der Waals surface area contributed by atoms with Gasteiger partial charge in [-0.25, -0.2) is 19.9 Å². The maximum absolute atomic E-state index is 4.18. The summed E-state index contributed by atoms with van der Waals surface area (Å²) in [5, 5.41) is 7.44. The molecule has 1 aliphatic rings. The third kappa shape index (κ3) is 43.3. The van der Waals surface area contributed by atoms with Crippen molar-refractivity contribution < 1.29 is 0 Å². The highest BCUT2D eigenvalue weighted by Crippen LogP contribution is 2.29. The minimum absolute atomic E-state index is 0.436. The van der Waals surface area contributed by atoms with Crippen LogP contribution in [-0.4, -0.2) is 49.8 Å². The number of rotatable bonds is 11. The second-order valence-electron chi connectivity index (χ2n) is 26.3. The van der Waals surface area contributed by atoms with Gasteiger partial charge in [-0.1, -0.05) is 239 Å². The normalized spacial score (nSPS) is 11.4. The molecule has 11 rings (SSSR count). The molecule has 10 nitrogen and oxygen atoms in total. The standard InChI is InChI=1S/C9H18.C9H12.3C8H11N.2C7H10N2.C7H10S.3C6H9NS/c2*1-8(2)9-6-4-3-5-7-9;1-7(2)8-4-3-5-9-6-8;2*1-7(2)8-5-3-4-6-9-8;1-6(2)7-5-8-3-4-9-7;1-6(2)7-8-4-3-5-9-7;1-6(2)7-4-3-5-8-7;1-5(2)6-3-8-4-7-6;1-5(2)6-3-7-4-8-6;1-5(2)6-7-3-4-8-6/h8-9H,3-7H2,1-2H3;3-8H,1-2H3;3*3-7H,1-2H3;2*3-6H,1-2H3;3-6H,1-2H3;3*3-5H,1-2H3. The van der Waals surface area contributed by atoms with Gasteiger partial charge in [0.15, 0.2) is 0 Å². The first-order chi connectivity index (χ1) is 45.3. The van der Waals surface area contributed by atoms with Crippen LogP contribution in [0.15, 0.2) is 192 Å². The van der Waals surface area contributed by atoms with Crippen LogP contribution in [0.3, 0.4) is 0 Å². The Morgan fingerprint density at radius 3 is 1.13 bits per heavy atom. The Kier molecular flexibility index (Phi) is 48.7. The van der Waals surface area contributed by atoms with Crippen LogP contribution in [0.5, 0.6) is 0 Å². The molecule has 0 saturated heterocycles. The van der Waals surface area contributed by atoms with Crippen LogP contribution in [0.4, 0.5) is 0 Å². The average Bonchev–Trinajstić information content (AvgIpc) is 4.07. The molecule has 9 aromatic heterocycles. The zero-order chi connectivity index (χ0) is 70.8. The van der Waals surface area contributed by atoms with Crippen molar-refractivity contribution >= 4 is 45.3 Å². The van der Waals surface area contributed by atoms with E-state index in [4.69, 9.17) is 0 Å². The molecule has 1 saturated carbocycles. The second kappa shape index (κ2) is 53.5. The lowest BCUT2D eigenvalue weighted by Crippen LogP contribution is -2.12. The summed E-state index contributed by atoms with van der Waals surface area (Å²) in [5.41, 5.74) is 11.0. The molecule has 0 N–H and O–H groups in total. The molecule has 0 spiro atoms. The summed E-state index contributed by atoms with van der Waals surface area (Å²) in [4.78, 5) is 43.6. The number of thiophene rings is 1. The topological polar surface area (TPSA) is 129 Å². The van der Waals surface area contributed by atoms with Gasteiger partial charge in [0, 0.05) is 112 Å². The number of hydrogen-bond donors (Lipinski definition) is 0. The van der Waals surface area contributed by atoms with Gasteiger partial charge in [-0.2, -0.15) is 0 Å². The van der Waals surface area contributed by atoms with E-state index in [-0.39, 0.29) is 0 Å². The van der Waals surface area contributed by atoms with Gasteiger partial charge in [0.1, 0.15) is 5.82 Å². The molecule has 95 heavy (non-hydrogen) atoms. The minimum atomic E-state index is 0.436. The number of nitrogens with zero attached hydrogens (tertiary/aromatic N) is 10. The van der Waals surface area contributed by atoms with Gasteiger partial charge in [-0.3, -0.25) is 29.9 Å². The molecule has 1 aromatic carbocycles. The van der Waals surface area contributed by atoms with Gasteiger partial charge < -0.3 is 0 Å². The molecule has 0 atom stereocenters. The molecule has 10 aromatic rings. The van der Waals surface area contributed by atoms with E-state index in [2.05, 4.69) is 255 Å². The smallest absolute Gasteiger partial charge is 0.130 e. The van der Waals surface area contributed by atoms with Crippen molar-refractivity contribution in [3.8, 4) is 0 Å². The van der Waals surface area contributed by atoms with Gasteiger partial charge in [0.2, 0.25) is 0 Å². The Morgan fingerprint density at radius 1 is 0.316 bits per heavy atom. The number of thiazole rings is 3. The van der Waals surface area contributed by atoms with Crippen molar-refractivity contribution in [1.29, 1.82) is 0 Å². The summed E-state index contributed by atoms with van der Waals surface area (Å²) in [6.07, 6.45) is 27.3. The number of benzene rings is 1. The van der Waals surface area contributed by atoms with Crippen LogP contribution < -0.4 is 0 Å². The lowest BCUT2D eigenvalue weighted by atomic mass is 9.82. The maximum Gasteiger partial charge on any atom is 0.130 e. The van der Waals surface area contributed by atoms with Gasteiger partial charge in [0.25, 0.3) is 0 Å². The summed E-state index contributed by atoms with van der Waals surface area (Å²) in [5.74, 6) is 8.70. The Morgan fingerprint density at radius 2 is 0.853 bits per heavy atom. The first kappa shape index (κ1) is 86.4. The third-order valence-electron chi connectivity index (χ3n) is 14.4. The number of aromatic nitrogens is 10. The largest absolute Gasteiger partial charge is 0.264 e. The summed E-state index contributed by atoms with van der Waals surface area (Å²) < 4.78 is 0. The van der Waals surface area contributed by atoms with Crippen LogP contribution in [-0.2, 0) is 0 Å². The van der Waals surface area contributed by atoms with E-state index in [1.165, 1.54) is 63.7 Å². The summed E-state index contributed by atoms with van der Waals surface area (Å²) in [6, 6.07) is 32.7. The molecule has 1 fully saturated rings. The third-order valence-corrected chi connectivity index (χ3v) is 18.3. The highest BCUT2D eigenvalue weighted by molar-refractivity contribution is 7.10. The van der Waals surface area contributed by atoms with E-state index in [1.807, 2.05) is 113 Å². The van der Waals surface area contributed by atoms with E-state index >= 15 is 0 Å². The molecular weight excluding hydrogens is 1240 g/mol. The molecule has 518 valence electrons. The molecular formula is C81H120N10S4. The number of hydrogen-bond acceptors (Lipinski definition) is 14. The Balaban J connectivity index is 0.000000523. The van der Waals surface area contributed by atoms with Gasteiger partial charge in [0.05, 0.1) is 27.4 Å². The predicted molar refractivity (Wildman–Crippen MR) is 416 cm³/mol. The van der Waals surface area contributed by atoms with Crippen molar-refractivity contribution in [2.75, 3.05) is 0 Å². The van der Waals surface area contributed by atoms with E-state index < -0.39 is 0 Å². The molecule has 9 heterocycles. The Hall–Kier alpha value is -6.58. The van der Waals surface area contributed by atoms with E-state index in [9.17, 15) is 0 Å². The van der Waals surface area contributed by atoms with Crippen molar-refractivity contribution in [3.05, 3.63) is 247 Å². The highest BCUT2D eigenvalue weighted by Gasteiger charge is 2.16. The van der Waals surface area contributed by atoms with Crippen LogP contribution in [0.1, 0.15) is 298 Å². The summed E-state index contributed by atoms with van der Waals surface area (Å²) in [6.45, 7) is 47.7. The minimum Gasteiger partial charge on any atom is -0.264 e. The number of pyridine rings is 3. The Labute approximate surface area is 593 Å². The summed E-state index contributed by atoms with van der Waals surface area (Å²) >= 11 is 6.93. The zero-order valence-electron chi connectivity index (χ0n) is 62.0. The molecule has 0 unspecified atom stereocenters. The van der Waals surface area contributed by atoms with Crippen molar-refractivity contribution in [1.82, 2.24) is 49.8 Å². The fourth-order valence-electron chi connectivity index (χ4n) is 8.17. The van der Waals surface area contributed by atoms with Gasteiger partial charge in [-0.05, 0) is 118 Å². The van der Waals surface area contributed by atoms with Crippen molar-refractivity contribution in [2.24, 2.45) is 11.8 Å². The fourth-order valence-corrected chi connectivity index (χ4v) is 10.9. The predicted octanol–water partition coefficient (Wildman–Crippen LogP) is 25.5. The van der Waals surface area contributed by atoms with Crippen LogP contribution in [0, 0.1) is 11.8 Å². The fraction of sp³-hybridized carbons (Fsp3) is 0.481. The van der Waals surface area contributed by atoms with Gasteiger partial charge >= 0.3 is 0 Å². The monoisotopic (exact) mass is 1360 g/mol. The molecule has 14 heteroatoms. The first-order valence-corrected chi connectivity index (χ1v) is 37.9.